The lowest BCUT2D eigenvalue weighted by molar-refractivity contribution is -0.720. The van der Waals surface area contributed by atoms with Gasteiger partial charge in [-0.2, -0.15) is 4.79 Å². The second kappa shape index (κ2) is 4.44. The summed E-state index contributed by atoms with van der Waals surface area (Å²) in [7, 11) is 0. The van der Waals surface area contributed by atoms with Crippen LogP contribution in [0.25, 0.3) is 0 Å². The highest BCUT2D eigenvalue weighted by atomic mass is 16.7. The normalized spacial score (nSPS) is 22.6. The second-order valence-corrected chi connectivity index (χ2v) is 4.92. The van der Waals surface area contributed by atoms with Crippen LogP contribution in [0.5, 0.6) is 0 Å². The Morgan fingerprint density at radius 3 is 2.89 bits per heavy atom. The molecule has 0 aromatic heterocycles. The molecule has 0 spiro atoms. The second-order valence-electron chi connectivity index (χ2n) is 4.92. The molecule has 0 N–H and O–H groups in total. The van der Waals surface area contributed by atoms with Crippen molar-refractivity contribution >= 4 is 11.7 Å². The quantitative estimate of drug-likeness (QED) is 0.765. The van der Waals surface area contributed by atoms with Gasteiger partial charge >= 0.3 is 6.03 Å². The van der Waals surface area contributed by atoms with Crippen molar-refractivity contribution in [3.05, 3.63) is 35.9 Å². The van der Waals surface area contributed by atoms with E-state index in [0.29, 0.717) is 12.6 Å². The van der Waals surface area contributed by atoms with Gasteiger partial charge in [0, 0.05) is 6.42 Å². The van der Waals surface area contributed by atoms with Crippen molar-refractivity contribution in [1.82, 2.24) is 4.90 Å². The first-order valence-corrected chi connectivity index (χ1v) is 6.38. The fourth-order valence-corrected chi connectivity index (χ4v) is 2.50. The summed E-state index contributed by atoms with van der Waals surface area (Å²) < 4.78 is 1.50. The zero-order chi connectivity index (χ0) is 12.5. The first kappa shape index (κ1) is 11.3. The average Bonchev–Trinajstić information content (AvgIpc) is 2.67. The predicted molar refractivity (Wildman–Crippen MR) is 67.3 cm³/mol. The van der Waals surface area contributed by atoms with Crippen molar-refractivity contribution in [2.45, 2.75) is 32.4 Å². The predicted octanol–water partition coefficient (Wildman–Crippen LogP) is 2.19. The number of fused-ring (bicyclic) bond motifs is 2. The zero-order valence-corrected chi connectivity index (χ0v) is 10.5. The monoisotopic (exact) mass is 245 g/mol. The number of hydrogen-bond donors (Lipinski definition) is 0. The van der Waals surface area contributed by atoms with E-state index in [9.17, 15) is 4.79 Å². The summed E-state index contributed by atoms with van der Waals surface area (Å²) in [6.45, 7) is 3.27. The number of amides is 2. The molecular weight excluding hydrogens is 228 g/mol. The molecule has 2 aliphatic rings. The van der Waals surface area contributed by atoms with Crippen LogP contribution in [0.1, 0.15) is 25.3 Å². The van der Waals surface area contributed by atoms with Crippen molar-refractivity contribution < 1.29 is 14.4 Å². The Balaban J connectivity index is 1.72. The van der Waals surface area contributed by atoms with Crippen LogP contribution in [-0.2, 0) is 11.4 Å². The number of carbonyl (C=O) groups excluding carboxylic acids is 1. The lowest BCUT2D eigenvalue weighted by atomic mass is 10.0. The number of nitrogens with zero attached hydrogens (tertiary/aromatic N) is 2. The Hall–Kier alpha value is -1.84. The molecule has 1 aromatic carbocycles. The van der Waals surface area contributed by atoms with Gasteiger partial charge in [0.15, 0.2) is 18.9 Å². The van der Waals surface area contributed by atoms with Gasteiger partial charge in [-0.3, -0.25) is 0 Å². The summed E-state index contributed by atoms with van der Waals surface area (Å²) in [4.78, 5) is 19.7. The van der Waals surface area contributed by atoms with Crippen LogP contribution in [0, 0.1) is 0 Å². The van der Waals surface area contributed by atoms with E-state index in [1.807, 2.05) is 35.2 Å². The third-order valence-electron chi connectivity index (χ3n) is 3.65. The molecule has 2 amide bonds. The van der Waals surface area contributed by atoms with Crippen LogP contribution in [0.4, 0.5) is 4.79 Å². The zero-order valence-electron chi connectivity index (χ0n) is 10.5. The van der Waals surface area contributed by atoms with Crippen LogP contribution in [0.2, 0.25) is 0 Å². The summed E-state index contributed by atoms with van der Waals surface area (Å²) in [6, 6.07) is 10.2. The van der Waals surface area contributed by atoms with Gasteiger partial charge in [0.05, 0.1) is 6.04 Å². The van der Waals surface area contributed by atoms with E-state index in [2.05, 4.69) is 6.92 Å². The summed E-state index contributed by atoms with van der Waals surface area (Å²) in [5, 5.41) is 0. The van der Waals surface area contributed by atoms with E-state index in [-0.39, 0.29) is 6.03 Å². The minimum Gasteiger partial charge on any atom is -0.328 e. The van der Waals surface area contributed by atoms with Gasteiger partial charge in [-0.25, -0.2) is 4.90 Å². The van der Waals surface area contributed by atoms with Crippen molar-refractivity contribution in [2.75, 3.05) is 6.54 Å². The molecule has 18 heavy (non-hydrogen) atoms. The fourth-order valence-electron chi connectivity index (χ4n) is 2.50. The topological polar surface area (TPSA) is 32.6 Å². The lowest BCUT2D eigenvalue weighted by Gasteiger charge is -2.18. The Morgan fingerprint density at radius 2 is 2.17 bits per heavy atom. The summed E-state index contributed by atoms with van der Waals surface area (Å²) in [6.07, 6.45) is 1.99. The van der Waals surface area contributed by atoms with Crippen molar-refractivity contribution in [2.24, 2.45) is 0 Å². The molecule has 1 aromatic rings. The van der Waals surface area contributed by atoms with E-state index in [4.69, 9.17) is 4.84 Å². The Bertz CT molecular complexity index is 496. The first-order valence-electron chi connectivity index (χ1n) is 6.38. The van der Waals surface area contributed by atoms with Gasteiger partial charge in [0.25, 0.3) is 0 Å². The van der Waals surface area contributed by atoms with E-state index < -0.39 is 0 Å². The molecule has 0 radical (unpaired) electrons. The minimum atomic E-state index is -0.00840. The van der Waals surface area contributed by atoms with Crippen molar-refractivity contribution in [1.29, 1.82) is 0 Å². The number of piperidine rings is 1. The van der Waals surface area contributed by atoms with Gasteiger partial charge in [-0.1, -0.05) is 30.3 Å². The Labute approximate surface area is 106 Å². The maximum atomic E-state index is 12.1. The fraction of sp³-hybridized carbons (Fsp3) is 0.429. The molecule has 94 valence electrons. The van der Waals surface area contributed by atoms with E-state index >= 15 is 0 Å². The number of urea groups is 1. The summed E-state index contributed by atoms with van der Waals surface area (Å²) >= 11 is 0. The maximum absolute atomic E-state index is 12.1. The van der Waals surface area contributed by atoms with Crippen LogP contribution < -0.4 is 0 Å². The van der Waals surface area contributed by atoms with Crippen molar-refractivity contribution in [3.8, 4) is 0 Å². The molecule has 1 unspecified atom stereocenters. The van der Waals surface area contributed by atoms with Gasteiger partial charge in [-0.15, -0.1) is 0 Å². The largest absolute Gasteiger partial charge is 0.533 e. The molecule has 1 fully saturated rings. The number of rotatable bonds is 3. The van der Waals surface area contributed by atoms with Gasteiger partial charge in [0.2, 0.25) is 0 Å². The van der Waals surface area contributed by atoms with E-state index in [0.717, 1.165) is 30.7 Å². The van der Waals surface area contributed by atoms with E-state index in [1.165, 1.54) is 4.74 Å². The van der Waals surface area contributed by atoms with E-state index in [1.54, 1.807) is 0 Å². The van der Waals surface area contributed by atoms with Crippen LogP contribution in [0.15, 0.2) is 30.3 Å². The highest BCUT2D eigenvalue weighted by Gasteiger charge is 2.46. The molecule has 3 rings (SSSR count). The standard InChI is InChI=1S/C14H17N2O2/c1-11-7-8-13-9-15(11)14(17)16(13)18-10-12-5-3-2-4-6-12/h2-6,11H,7-10H2,1H3/q+1. The third-order valence-corrected chi connectivity index (χ3v) is 3.65. The Kier molecular flexibility index (Phi) is 2.78. The molecule has 2 aliphatic heterocycles. The molecule has 4 heteroatoms. The van der Waals surface area contributed by atoms with Crippen LogP contribution in [-0.4, -0.2) is 34.0 Å². The lowest BCUT2D eigenvalue weighted by Crippen LogP contribution is -2.39. The average molecular weight is 245 g/mol. The molecule has 1 saturated heterocycles. The van der Waals surface area contributed by atoms with Gasteiger partial charge in [0.1, 0.15) is 0 Å². The van der Waals surface area contributed by atoms with Crippen LogP contribution >= 0.6 is 0 Å². The number of hydroxylamine groups is 1. The maximum Gasteiger partial charge on any atom is 0.533 e. The summed E-state index contributed by atoms with van der Waals surface area (Å²) in [5.74, 6) is 0. The highest BCUT2D eigenvalue weighted by Crippen LogP contribution is 2.22. The number of hydrogen-bond acceptors (Lipinski definition) is 2. The molecule has 0 aliphatic carbocycles. The van der Waals surface area contributed by atoms with Gasteiger partial charge in [-0.05, 0) is 23.6 Å². The Morgan fingerprint density at radius 1 is 1.39 bits per heavy atom. The summed E-state index contributed by atoms with van der Waals surface area (Å²) in [5.41, 5.74) is 2.17. The highest BCUT2D eigenvalue weighted by molar-refractivity contribution is 5.93. The SMILES string of the molecule is CC1CCC2=[N+](OCc3ccccc3)C(=O)N1C2. The van der Waals surface area contributed by atoms with Gasteiger partial charge < -0.3 is 4.84 Å². The van der Waals surface area contributed by atoms with Crippen molar-refractivity contribution in [3.63, 3.8) is 0 Å². The molecule has 0 saturated carbocycles. The molecule has 4 nitrogen and oxygen atoms in total. The molecule has 2 heterocycles. The molecule has 2 bridgehead atoms. The number of carbonyl (C=O) groups is 1. The molecule has 1 atom stereocenters. The first-order chi connectivity index (χ1) is 8.75. The van der Waals surface area contributed by atoms with Crippen LogP contribution in [0.3, 0.4) is 0 Å². The molecular formula is C14H17N2O2+. The minimum absolute atomic E-state index is 0.00840. The number of benzene rings is 1. The smallest absolute Gasteiger partial charge is 0.328 e. The third kappa shape index (κ3) is 1.88.